The highest BCUT2D eigenvalue weighted by molar-refractivity contribution is 6.32. The molecule has 9 heteroatoms. The van der Waals surface area contributed by atoms with E-state index in [0.717, 1.165) is 5.56 Å². The van der Waals surface area contributed by atoms with Crippen LogP contribution in [0.15, 0.2) is 91.4 Å². The first-order valence-electron chi connectivity index (χ1n) is 11.3. The van der Waals surface area contributed by atoms with Gasteiger partial charge in [-0.25, -0.2) is 4.98 Å². The number of amides is 2. The lowest BCUT2D eigenvalue weighted by Crippen LogP contribution is -2.47. The average Bonchev–Trinajstić information content (AvgIpc) is 3.39. The maximum absolute atomic E-state index is 13.1. The second kappa shape index (κ2) is 12.5. The van der Waals surface area contributed by atoms with E-state index in [1.165, 1.54) is 6.33 Å². The van der Waals surface area contributed by atoms with E-state index in [4.69, 9.17) is 21.1 Å². The second-order valence-corrected chi connectivity index (χ2v) is 8.31. The lowest BCUT2D eigenvalue weighted by molar-refractivity contribution is -0.127. The Labute approximate surface area is 213 Å². The summed E-state index contributed by atoms with van der Waals surface area (Å²) in [6, 6.07) is 22.8. The van der Waals surface area contributed by atoms with Gasteiger partial charge in [0.1, 0.15) is 17.5 Å². The van der Waals surface area contributed by atoms with E-state index in [2.05, 4.69) is 20.6 Å². The van der Waals surface area contributed by atoms with E-state index in [-0.39, 0.29) is 18.9 Å². The molecular weight excluding hydrogens is 480 g/mol. The Morgan fingerprint density at radius 2 is 1.75 bits per heavy atom. The number of carbonyl (C=O) groups excluding carboxylic acids is 2. The molecule has 0 aliphatic heterocycles. The van der Waals surface area contributed by atoms with Crippen molar-refractivity contribution in [2.45, 2.75) is 19.1 Å². The number of imidazole rings is 1. The molecule has 0 aliphatic carbocycles. The van der Waals surface area contributed by atoms with Gasteiger partial charge >= 0.3 is 0 Å². The number of H-pyrrole nitrogens is 1. The lowest BCUT2D eigenvalue weighted by atomic mass is 10.2. The first-order chi connectivity index (χ1) is 17.6. The topological polar surface area (TPSA) is 105 Å². The summed E-state index contributed by atoms with van der Waals surface area (Å²) in [5.74, 6) is 0.309. The molecule has 0 saturated heterocycles. The summed E-state index contributed by atoms with van der Waals surface area (Å²) in [5.41, 5.74) is 1.98. The fourth-order valence-corrected chi connectivity index (χ4v) is 3.57. The molecule has 0 aliphatic rings. The Kier molecular flexibility index (Phi) is 8.69. The molecule has 0 saturated carbocycles. The molecule has 36 heavy (non-hydrogen) atoms. The number of para-hydroxylation sites is 1. The van der Waals surface area contributed by atoms with Crippen molar-refractivity contribution in [2.24, 2.45) is 0 Å². The third-order valence-corrected chi connectivity index (χ3v) is 5.41. The predicted molar refractivity (Wildman–Crippen MR) is 137 cm³/mol. The van der Waals surface area contributed by atoms with E-state index in [9.17, 15) is 9.59 Å². The van der Waals surface area contributed by atoms with Gasteiger partial charge in [-0.15, -0.1) is 0 Å². The quantitative estimate of drug-likeness (QED) is 0.273. The van der Waals surface area contributed by atoms with Crippen molar-refractivity contribution in [3.05, 3.63) is 108 Å². The molecule has 4 rings (SSSR count). The van der Waals surface area contributed by atoms with Crippen LogP contribution in [0, 0.1) is 0 Å². The van der Waals surface area contributed by atoms with Crippen molar-refractivity contribution >= 4 is 29.1 Å². The summed E-state index contributed by atoms with van der Waals surface area (Å²) in [6.07, 6.45) is 3.15. The standard InChI is InChI=1S/C27H25ClN4O4/c28-23-13-20(11-12-25(23)36-22-9-5-2-6-10-22)31-27(34)24(17-35-16-19-7-3-1-4-8-19)32-26(33)14-21-15-29-18-30-21/h1-13,15,18,24H,14,16-17H2,(H,29,30)(H,31,34)(H,32,33). The molecule has 2 amide bonds. The SMILES string of the molecule is O=C(Cc1c[nH]cn1)NC(COCc1ccccc1)C(=O)Nc1ccc(Oc2ccccc2)c(Cl)c1. The number of carbonyl (C=O) groups is 2. The summed E-state index contributed by atoms with van der Waals surface area (Å²) < 4.78 is 11.5. The summed E-state index contributed by atoms with van der Waals surface area (Å²) in [5, 5.41) is 5.85. The second-order valence-electron chi connectivity index (χ2n) is 7.91. The van der Waals surface area contributed by atoms with Gasteiger partial charge in [-0.1, -0.05) is 60.1 Å². The van der Waals surface area contributed by atoms with E-state index in [1.807, 2.05) is 60.7 Å². The molecule has 3 N–H and O–H groups in total. The molecule has 0 bridgehead atoms. The minimum Gasteiger partial charge on any atom is -0.456 e. The number of rotatable bonds is 11. The van der Waals surface area contributed by atoms with Gasteiger partial charge < -0.3 is 25.1 Å². The molecule has 1 heterocycles. The highest BCUT2D eigenvalue weighted by Gasteiger charge is 2.22. The Morgan fingerprint density at radius 3 is 2.44 bits per heavy atom. The van der Waals surface area contributed by atoms with Crippen LogP contribution >= 0.6 is 11.6 Å². The fourth-order valence-electron chi connectivity index (χ4n) is 3.36. The third kappa shape index (κ3) is 7.43. The van der Waals surface area contributed by atoms with E-state index >= 15 is 0 Å². The van der Waals surface area contributed by atoms with Gasteiger partial charge in [0, 0.05) is 11.9 Å². The minimum absolute atomic E-state index is 0.0179. The van der Waals surface area contributed by atoms with Crippen LogP contribution in [-0.4, -0.2) is 34.4 Å². The fraction of sp³-hybridized carbons (Fsp3) is 0.148. The van der Waals surface area contributed by atoms with Crippen molar-refractivity contribution < 1.29 is 19.1 Å². The van der Waals surface area contributed by atoms with Crippen molar-refractivity contribution in [1.29, 1.82) is 0 Å². The Hall–Kier alpha value is -4.14. The minimum atomic E-state index is -0.931. The van der Waals surface area contributed by atoms with E-state index in [0.29, 0.717) is 34.5 Å². The highest BCUT2D eigenvalue weighted by Crippen LogP contribution is 2.31. The monoisotopic (exact) mass is 504 g/mol. The number of aromatic nitrogens is 2. The average molecular weight is 505 g/mol. The third-order valence-electron chi connectivity index (χ3n) is 5.11. The van der Waals surface area contributed by atoms with Crippen LogP contribution < -0.4 is 15.4 Å². The van der Waals surface area contributed by atoms with Crippen LogP contribution in [0.4, 0.5) is 5.69 Å². The molecule has 184 valence electrons. The molecular formula is C27H25ClN4O4. The van der Waals surface area contributed by atoms with Crippen molar-refractivity contribution in [2.75, 3.05) is 11.9 Å². The molecule has 1 atom stereocenters. The number of anilines is 1. The number of aromatic amines is 1. The van der Waals surface area contributed by atoms with Gasteiger partial charge in [0.15, 0.2) is 0 Å². The number of nitrogens with zero attached hydrogens (tertiary/aromatic N) is 1. The molecule has 8 nitrogen and oxygen atoms in total. The number of halogens is 1. The van der Waals surface area contributed by atoms with Crippen molar-refractivity contribution in [3.8, 4) is 11.5 Å². The highest BCUT2D eigenvalue weighted by atomic mass is 35.5. The first kappa shape index (κ1) is 25.0. The molecule has 4 aromatic rings. The van der Waals surface area contributed by atoms with Crippen LogP contribution in [-0.2, 0) is 27.4 Å². The van der Waals surface area contributed by atoms with Crippen LogP contribution in [0.5, 0.6) is 11.5 Å². The number of hydrogen-bond donors (Lipinski definition) is 3. The largest absolute Gasteiger partial charge is 0.456 e. The summed E-state index contributed by atoms with van der Waals surface area (Å²) in [4.78, 5) is 32.5. The first-order valence-corrected chi connectivity index (χ1v) is 11.7. The number of ether oxygens (including phenoxy) is 2. The van der Waals surface area contributed by atoms with Gasteiger partial charge in [-0.3, -0.25) is 9.59 Å². The predicted octanol–water partition coefficient (Wildman–Crippen LogP) is 4.74. The van der Waals surface area contributed by atoms with Crippen molar-refractivity contribution in [1.82, 2.24) is 15.3 Å². The molecule has 0 fully saturated rings. The lowest BCUT2D eigenvalue weighted by Gasteiger charge is -2.19. The van der Waals surface area contributed by atoms with Crippen molar-refractivity contribution in [3.63, 3.8) is 0 Å². The molecule has 1 unspecified atom stereocenters. The van der Waals surface area contributed by atoms with E-state index < -0.39 is 11.9 Å². The zero-order chi connectivity index (χ0) is 25.2. The van der Waals surface area contributed by atoms with Crippen LogP contribution in [0.2, 0.25) is 5.02 Å². The van der Waals surface area contributed by atoms with Gasteiger partial charge in [0.2, 0.25) is 11.8 Å². The molecule has 0 spiro atoms. The number of nitrogens with one attached hydrogen (secondary N) is 3. The zero-order valence-corrected chi connectivity index (χ0v) is 20.1. The van der Waals surface area contributed by atoms with Gasteiger partial charge in [0.05, 0.1) is 36.7 Å². The smallest absolute Gasteiger partial charge is 0.249 e. The Morgan fingerprint density at radius 1 is 1.00 bits per heavy atom. The Bertz CT molecular complexity index is 1270. The zero-order valence-electron chi connectivity index (χ0n) is 19.3. The van der Waals surface area contributed by atoms with Gasteiger partial charge in [-0.2, -0.15) is 0 Å². The molecule has 0 radical (unpaired) electrons. The molecule has 1 aromatic heterocycles. The van der Waals surface area contributed by atoms with Crippen LogP contribution in [0.3, 0.4) is 0 Å². The van der Waals surface area contributed by atoms with E-state index in [1.54, 1.807) is 24.4 Å². The summed E-state index contributed by atoms with van der Waals surface area (Å²) in [6.45, 7) is 0.285. The Balaban J connectivity index is 1.40. The summed E-state index contributed by atoms with van der Waals surface area (Å²) >= 11 is 6.38. The maximum Gasteiger partial charge on any atom is 0.249 e. The van der Waals surface area contributed by atoms with Crippen LogP contribution in [0.1, 0.15) is 11.3 Å². The summed E-state index contributed by atoms with van der Waals surface area (Å²) in [7, 11) is 0. The molecule has 3 aromatic carbocycles. The van der Waals surface area contributed by atoms with Crippen LogP contribution in [0.25, 0.3) is 0 Å². The number of benzene rings is 3. The normalized spacial score (nSPS) is 11.5. The number of hydrogen-bond acceptors (Lipinski definition) is 5. The van der Waals surface area contributed by atoms with Gasteiger partial charge in [0.25, 0.3) is 0 Å². The maximum atomic E-state index is 13.1. The van der Waals surface area contributed by atoms with Gasteiger partial charge in [-0.05, 0) is 35.9 Å².